The van der Waals surface area contributed by atoms with Crippen LogP contribution in [0.1, 0.15) is 173 Å². The first-order valence-electron chi connectivity index (χ1n) is 21.9. The number of aliphatic imine (C=N–C) groups is 2. The zero-order chi connectivity index (χ0) is 41.2. The topological polar surface area (TPSA) is 83.6 Å². The molecule has 0 saturated heterocycles. The molecule has 0 radical (unpaired) electrons. The molecule has 8 bridgehead atoms. The quantitative estimate of drug-likeness (QED) is 0.168. The van der Waals surface area contributed by atoms with Gasteiger partial charge < -0.3 is 19.7 Å². The van der Waals surface area contributed by atoms with E-state index < -0.39 is 0 Å². The molecule has 0 unspecified atom stereocenters. The molecule has 0 spiro atoms. The predicted molar refractivity (Wildman–Crippen MR) is 240 cm³/mol. The first kappa shape index (κ1) is 41.6. The molecule has 0 aromatic heterocycles. The van der Waals surface area contributed by atoms with Crippen LogP contribution in [0, 0.1) is 0 Å². The van der Waals surface area contributed by atoms with Gasteiger partial charge in [-0.1, -0.05) is 104 Å². The first-order valence-corrected chi connectivity index (χ1v) is 21.9. The van der Waals surface area contributed by atoms with Crippen LogP contribution in [0.5, 0.6) is 23.0 Å². The summed E-state index contributed by atoms with van der Waals surface area (Å²) in [5, 5.41) is 24.6. The maximum Gasteiger partial charge on any atom is 0.125 e. The number of aromatic hydroxyl groups is 2. The molecule has 0 aliphatic heterocycles. The van der Waals surface area contributed by atoms with Crippen molar-refractivity contribution in [3.05, 3.63) is 115 Å². The normalized spacial score (nSPS) is 17.2. The highest BCUT2D eigenvalue weighted by molar-refractivity contribution is 5.82. The molecule has 2 saturated carbocycles. The summed E-state index contributed by atoms with van der Waals surface area (Å²) in [5.41, 5.74) is 11.4. The Hall–Kier alpha value is -4.58. The monoisotopic (exact) mass is 783 g/mol. The maximum absolute atomic E-state index is 12.3. The van der Waals surface area contributed by atoms with Gasteiger partial charge in [0.05, 0.1) is 14.2 Å². The molecule has 6 nitrogen and oxygen atoms in total. The summed E-state index contributed by atoms with van der Waals surface area (Å²) in [6.45, 7) is 13.4. The van der Waals surface area contributed by atoms with Crippen LogP contribution >= 0.6 is 0 Å². The minimum atomic E-state index is -0.149. The van der Waals surface area contributed by atoms with Gasteiger partial charge in [0.15, 0.2) is 0 Å². The second kappa shape index (κ2) is 17.3. The van der Waals surface area contributed by atoms with Crippen molar-refractivity contribution in [3.8, 4) is 23.0 Å². The summed E-state index contributed by atoms with van der Waals surface area (Å²) < 4.78 is 12.6. The Labute approximate surface area is 347 Å². The molecule has 4 aromatic rings. The number of rotatable bonds is 6. The van der Waals surface area contributed by atoms with Crippen molar-refractivity contribution in [3.63, 3.8) is 0 Å². The third kappa shape index (κ3) is 9.48. The third-order valence-corrected chi connectivity index (χ3v) is 12.7. The average molecular weight is 783 g/mol. The number of phenolic OH excluding ortho intramolecular Hbond substituents is 2. The number of benzene rings is 4. The van der Waals surface area contributed by atoms with Gasteiger partial charge in [0.1, 0.15) is 23.0 Å². The molecule has 4 aromatic carbocycles. The summed E-state index contributed by atoms with van der Waals surface area (Å²) in [6, 6.07) is 18.1. The number of methoxy groups -OCH3 is 2. The summed E-state index contributed by atoms with van der Waals surface area (Å²) in [6.07, 6.45) is 17.9. The lowest BCUT2D eigenvalue weighted by Crippen LogP contribution is -2.14. The van der Waals surface area contributed by atoms with Crippen LogP contribution in [0.2, 0.25) is 0 Å². The summed E-state index contributed by atoms with van der Waals surface area (Å²) in [4.78, 5) is 10.2. The van der Waals surface area contributed by atoms with E-state index in [4.69, 9.17) is 19.5 Å². The van der Waals surface area contributed by atoms with Gasteiger partial charge in [-0.25, -0.2) is 0 Å². The fourth-order valence-electron chi connectivity index (χ4n) is 9.35. The van der Waals surface area contributed by atoms with Gasteiger partial charge in [-0.3, -0.25) is 9.98 Å². The predicted octanol–water partition coefficient (Wildman–Crippen LogP) is 11.9. The SMILES string of the molecule is COc1c2cc(C(C)(C)C)cc1Cc1cc(C=NC3CCCCC3)cc(c1O)Cc1cc(C(C)(C)C)cc(c1OC)Cc1cc(C=NC3CCCCC3)cc(c1O)C2. The highest BCUT2D eigenvalue weighted by atomic mass is 16.5. The van der Waals surface area contributed by atoms with Gasteiger partial charge >= 0.3 is 0 Å². The molecule has 3 aliphatic carbocycles. The van der Waals surface area contributed by atoms with Gasteiger partial charge in [-0.2, -0.15) is 0 Å². The molecule has 2 N–H and O–H groups in total. The lowest BCUT2D eigenvalue weighted by atomic mass is 9.81. The smallest absolute Gasteiger partial charge is 0.125 e. The standard InChI is InChI=1S/C52H66N2O4/c1-51(2,3)43-27-39-23-35-19-33(31-53-45-15-11-9-12-16-45)21-37(47(35)55)25-41-29-44(52(4,5)6)30-42(50(41)58-8)26-38-22-34(32-54-46-17-13-10-14-18-46)20-36(48(38)56)24-40(28-43)49(39)57-7/h19-22,27-32,45-46,55-56H,9-18,23-26H2,1-8H3. The minimum Gasteiger partial charge on any atom is -0.507 e. The van der Waals surface area contributed by atoms with Crippen LogP contribution in [0.3, 0.4) is 0 Å². The van der Waals surface area contributed by atoms with Crippen LogP contribution in [-0.4, -0.2) is 48.9 Å². The largest absolute Gasteiger partial charge is 0.507 e. The molecule has 0 amide bonds. The molecule has 0 heterocycles. The molecule has 0 atom stereocenters. The molecule has 58 heavy (non-hydrogen) atoms. The van der Waals surface area contributed by atoms with E-state index >= 15 is 0 Å². The van der Waals surface area contributed by atoms with Crippen molar-refractivity contribution in [2.75, 3.05) is 14.2 Å². The Kier molecular flexibility index (Phi) is 12.4. The summed E-state index contributed by atoms with van der Waals surface area (Å²) in [5.74, 6) is 2.15. The number of hydrogen-bond donors (Lipinski definition) is 2. The molecule has 2 fully saturated rings. The maximum atomic E-state index is 12.3. The van der Waals surface area contributed by atoms with Crippen molar-refractivity contribution < 1.29 is 19.7 Å². The molecular formula is C52H66N2O4. The highest BCUT2D eigenvalue weighted by Gasteiger charge is 2.26. The van der Waals surface area contributed by atoms with Crippen LogP contribution < -0.4 is 9.47 Å². The van der Waals surface area contributed by atoms with E-state index in [1.807, 2.05) is 12.4 Å². The minimum absolute atomic E-state index is 0.149. The van der Waals surface area contributed by atoms with Crippen molar-refractivity contribution in [2.24, 2.45) is 9.98 Å². The van der Waals surface area contributed by atoms with E-state index in [1.165, 1.54) is 49.7 Å². The highest BCUT2D eigenvalue weighted by Crippen LogP contribution is 2.42. The lowest BCUT2D eigenvalue weighted by Gasteiger charge is -2.26. The molecule has 6 heteroatoms. The zero-order valence-electron chi connectivity index (χ0n) is 36.4. The van der Waals surface area contributed by atoms with E-state index in [2.05, 4.69) is 90.1 Å². The Morgan fingerprint density at radius 3 is 1.02 bits per heavy atom. The third-order valence-electron chi connectivity index (χ3n) is 12.7. The molecule has 308 valence electrons. The fraction of sp³-hybridized carbons (Fsp3) is 0.500. The Morgan fingerprint density at radius 2 is 0.759 bits per heavy atom. The van der Waals surface area contributed by atoms with E-state index in [1.54, 1.807) is 14.2 Å². The molecule has 7 rings (SSSR count). The van der Waals surface area contributed by atoms with Gasteiger partial charge in [0, 0.05) is 50.2 Å². The summed E-state index contributed by atoms with van der Waals surface area (Å²) >= 11 is 0. The van der Waals surface area contributed by atoms with Crippen LogP contribution in [0.15, 0.2) is 58.5 Å². The second-order valence-corrected chi connectivity index (χ2v) is 19.4. The first-order chi connectivity index (χ1) is 27.7. The van der Waals surface area contributed by atoms with Crippen molar-refractivity contribution in [1.29, 1.82) is 0 Å². The zero-order valence-corrected chi connectivity index (χ0v) is 36.4. The van der Waals surface area contributed by atoms with E-state index in [0.29, 0.717) is 49.3 Å². The van der Waals surface area contributed by atoms with Crippen LogP contribution in [0.4, 0.5) is 0 Å². The fourth-order valence-corrected chi connectivity index (χ4v) is 9.35. The van der Waals surface area contributed by atoms with Gasteiger partial charge in [-0.05, 0) is 128 Å². The second-order valence-electron chi connectivity index (χ2n) is 19.4. The number of fused-ring (bicyclic) bond motifs is 8. The lowest BCUT2D eigenvalue weighted by molar-refractivity contribution is 0.403. The van der Waals surface area contributed by atoms with Crippen molar-refractivity contribution in [2.45, 2.75) is 154 Å². The number of nitrogens with zero attached hydrogens (tertiary/aromatic N) is 2. The Morgan fingerprint density at radius 1 is 0.466 bits per heavy atom. The molecule has 3 aliphatic rings. The molecular weight excluding hydrogens is 717 g/mol. The van der Waals surface area contributed by atoms with Crippen LogP contribution in [0.25, 0.3) is 0 Å². The van der Waals surface area contributed by atoms with E-state index in [0.717, 1.165) is 92.8 Å². The van der Waals surface area contributed by atoms with Crippen molar-refractivity contribution >= 4 is 12.4 Å². The summed E-state index contributed by atoms with van der Waals surface area (Å²) in [7, 11) is 3.47. The number of hydrogen-bond acceptors (Lipinski definition) is 6. The number of phenols is 2. The Bertz CT molecular complexity index is 1920. The number of ether oxygens (including phenoxy) is 2. The average Bonchev–Trinajstić information content (AvgIpc) is 3.19. The van der Waals surface area contributed by atoms with E-state index in [-0.39, 0.29) is 10.8 Å². The van der Waals surface area contributed by atoms with Gasteiger partial charge in [-0.15, -0.1) is 0 Å². The van der Waals surface area contributed by atoms with Crippen LogP contribution in [-0.2, 0) is 36.5 Å². The van der Waals surface area contributed by atoms with E-state index in [9.17, 15) is 10.2 Å². The van der Waals surface area contributed by atoms with Gasteiger partial charge in [0.25, 0.3) is 0 Å². The Balaban J connectivity index is 1.47. The van der Waals surface area contributed by atoms with Gasteiger partial charge in [0.2, 0.25) is 0 Å². The van der Waals surface area contributed by atoms with Crippen molar-refractivity contribution in [1.82, 2.24) is 0 Å².